The van der Waals surface area contributed by atoms with Gasteiger partial charge >= 0.3 is 0 Å². The van der Waals surface area contributed by atoms with Gasteiger partial charge < -0.3 is 15.4 Å². The molecule has 7 nitrogen and oxygen atoms in total. The van der Waals surface area contributed by atoms with Crippen LogP contribution in [-0.2, 0) is 4.79 Å². The topological polar surface area (TPSA) is 92.7 Å². The Morgan fingerprint density at radius 1 is 1.35 bits per heavy atom. The number of nitrogens with two attached hydrogens (primary N) is 1. The zero-order valence-electron chi connectivity index (χ0n) is 11.4. The highest BCUT2D eigenvalue weighted by atomic mass is 16.6. The van der Waals surface area contributed by atoms with Gasteiger partial charge in [-0.3, -0.25) is 15.0 Å². The number of nitrogen functional groups attached to an aromatic ring is 1. The van der Waals surface area contributed by atoms with E-state index in [9.17, 15) is 14.9 Å². The summed E-state index contributed by atoms with van der Waals surface area (Å²) < 4.78 is 0. The van der Waals surface area contributed by atoms with Gasteiger partial charge in [-0.25, -0.2) is 0 Å². The van der Waals surface area contributed by atoms with Crippen LogP contribution in [0.15, 0.2) is 12.1 Å². The summed E-state index contributed by atoms with van der Waals surface area (Å²) in [6.07, 6.45) is 0.897. The molecule has 0 amide bonds. The number of nitrogens with zero attached hydrogens (tertiary/aromatic N) is 3. The molecule has 108 valence electrons. The van der Waals surface area contributed by atoms with Crippen LogP contribution in [0.1, 0.15) is 5.56 Å². The Morgan fingerprint density at radius 3 is 2.55 bits per heavy atom. The van der Waals surface area contributed by atoms with E-state index in [0.29, 0.717) is 12.1 Å². The van der Waals surface area contributed by atoms with E-state index >= 15 is 0 Å². The minimum absolute atomic E-state index is 0.0460. The van der Waals surface area contributed by atoms with Crippen molar-refractivity contribution in [3.05, 3.63) is 27.8 Å². The summed E-state index contributed by atoms with van der Waals surface area (Å²) in [5, 5.41) is 11.0. The molecule has 0 unspecified atom stereocenters. The summed E-state index contributed by atoms with van der Waals surface area (Å²) in [5.41, 5.74) is 7.44. The molecule has 0 spiro atoms. The lowest BCUT2D eigenvalue weighted by molar-refractivity contribution is -0.383. The van der Waals surface area contributed by atoms with E-state index in [1.54, 1.807) is 6.92 Å². The van der Waals surface area contributed by atoms with E-state index in [1.165, 1.54) is 6.07 Å². The molecular weight excluding hydrogens is 260 g/mol. The van der Waals surface area contributed by atoms with Gasteiger partial charge in [-0.2, -0.15) is 0 Å². The molecule has 1 aliphatic rings. The van der Waals surface area contributed by atoms with Crippen LogP contribution in [0.4, 0.5) is 17.1 Å². The molecule has 0 saturated carbocycles. The van der Waals surface area contributed by atoms with E-state index in [1.807, 2.05) is 6.07 Å². The van der Waals surface area contributed by atoms with Gasteiger partial charge in [0.1, 0.15) is 12.0 Å². The van der Waals surface area contributed by atoms with Gasteiger partial charge in [0.25, 0.3) is 5.69 Å². The SMILES string of the molecule is Cc1cc(N2CCN(CC=O)CC2)cc([N+](=O)[O-])c1N. The molecule has 7 heteroatoms. The minimum Gasteiger partial charge on any atom is -0.393 e. The number of carbonyl (C=O) groups excluding carboxylic acids is 1. The first-order valence-electron chi connectivity index (χ1n) is 6.48. The van der Waals surface area contributed by atoms with Crippen molar-refractivity contribution < 1.29 is 9.72 Å². The van der Waals surface area contributed by atoms with Crippen molar-refractivity contribution in [3.63, 3.8) is 0 Å². The van der Waals surface area contributed by atoms with Gasteiger partial charge in [-0.1, -0.05) is 0 Å². The van der Waals surface area contributed by atoms with E-state index in [-0.39, 0.29) is 11.4 Å². The maximum atomic E-state index is 11.0. The fourth-order valence-electron chi connectivity index (χ4n) is 2.39. The molecule has 0 aliphatic carbocycles. The van der Waals surface area contributed by atoms with Crippen molar-refractivity contribution in [2.24, 2.45) is 0 Å². The highest BCUT2D eigenvalue weighted by Gasteiger charge is 2.21. The average molecular weight is 278 g/mol. The number of carbonyl (C=O) groups is 1. The third-order valence-electron chi connectivity index (χ3n) is 3.62. The Hall–Kier alpha value is -2.15. The Balaban J connectivity index is 2.18. The standard InChI is InChI=1S/C13H18N4O3/c1-10-8-11(9-12(13(10)14)17(19)20)16-4-2-15(3-5-16)6-7-18/h7-9H,2-6,14H2,1H3. The second-order valence-corrected chi connectivity index (χ2v) is 4.91. The maximum absolute atomic E-state index is 11.0. The molecule has 0 bridgehead atoms. The number of benzene rings is 1. The molecular formula is C13H18N4O3. The van der Waals surface area contributed by atoms with Crippen LogP contribution < -0.4 is 10.6 Å². The van der Waals surface area contributed by atoms with Crippen LogP contribution in [0.5, 0.6) is 0 Å². The van der Waals surface area contributed by atoms with E-state index in [2.05, 4.69) is 9.80 Å². The summed E-state index contributed by atoms with van der Waals surface area (Å²) in [7, 11) is 0. The number of rotatable bonds is 4. The molecule has 0 aromatic heterocycles. The lowest BCUT2D eigenvalue weighted by Crippen LogP contribution is -2.46. The molecule has 1 aliphatic heterocycles. The summed E-state index contributed by atoms with van der Waals surface area (Å²) in [5.74, 6) is 0. The molecule has 1 fully saturated rings. The van der Waals surface area contributed by atoms with E-state index in [4.69, 9.17) is 5.73 Å². The Labute approximate surface area is 117 Å². The summed E-state index contributed by atoms with van der Waals surface area (Å²) >= 11 is 0. The fraction of sp³-hybridized carbons (Fsp3) is 0.462. The summed E-state index contributed by atoms with van der Waals surface area (Å²) in [4.78, 5) is 25.2. The summed E-state index contributed by atoms with van der Waals surface area (Å²) in [6.45, 7) is 5.25. The largest absolute Gasteiger partial charge is 0.393 e. The molecule has 20 heavy (non-hydrogen) atoms. The third-order valence-corrected chi connectivity index (χ3v) is 3.62. The number of aldehydes is 1. The lowest BCUT2D eigenvalue weighted by Gasteiger charge is -2.35. The van der Waals surface area contributed by atoms with Crippen molar-refractivity contribution in [1.29, 1.82) is 0 Å². The number of piperazine rings is 1. The lowest BCUT2D eigenvalue weighted by atomic mass is 10.1. The Bertz CT molecular complexity index is 525. The van der Waals surface area contributed by atoms with Gasteiger partial charge in [0.05, 0.1) is 11.5 Å². The number of anilines is 2. The van der Waals surface area contributed by atoms with Crippen molar-refractivity contribution >= 4 is 23.3 Å². The number of hydrogen-bond acceptors (Lipinski definition) is 6. The van der Waals surface area contributed by atoms with Crippen molar-refractivity contribution in [2.45, 2.75) is 6.92 Å². The van der Waals surface area contributed by atoms with Crippen molar-refractivity contribution in [2.75, 3.05) is 43.4 Å². The molecule has 1 saturated heterocycles. The minimum atomic E-state index is -0.450. The molecule has 2 N–H and O–H groups in total. The number of nitro benzene ring substituents is 1. The average Bonchev–Trinajstić information content (AvgIpc) is 2.42. The van der Waals surface area contributed by atoms with E-state index in [0.717, 1.165) is 38.2 Å². The van der Waals surface area contributed by atoms with Crippen molar-refractivity contribution in [3.8, 4) is 0 Å². The molecule has 0 radical (unpaired) electrons. The second-order valence-electron chi connectivity index (χ2n) is 4.91. The Morgan fingerprint density at radius 2 is 2.00 bits per heavy atom. The molecule has 1 aromatic rings. The molecule has 2 rings (SSSR count). The molecule has 0 atom stereocenters. The quantitative estimate of drug-likeness (QED) is 0.379. The predicted molar refractivity (Wildman–Crippen MR) is 77.0 cm³/mol. The van der Waals surface area contributed by atoms with Gasteiger partial charge in [0.2, 0.25) is 0 Å². The monoisotopic (exact) mass is 278 g/mol. The van der Waals surface area contributed by atoms with Gasteiger partial charge in [-0.15, -0.1) is 0 Å². The first-order chi connectivity index (χ1) is 9.52. The van der Waals surface area contributed by atoms with E-state index < -0.39 is 4.92 Å². The van der Waals surface area contributed by atoms with Crippen LogP contribution in [0, 0.1) is 17.0 Å². The molecule has 1 aromatic carbocycles. The smallest absolute Gasteiger partial charge is 0.294 e. The first-order valence-corrected chi connectivity index (χ1v) is 6.48. The first kappa shape index (κ1) is 14.3. The van der Waals surface area contributed by atoms with Crippen LogP contribution in [0.25, 0.3) is 0 Å². The van der Waals surface area contributed by atoms with Gasteiger partial charge in [-0.05, 0) is 18.6 Å². The number of nitro groups is 1. The normalized spacial score (nSPS) is 16.1. The van der Waals surface area contributed by atoms with Crippen LogP contribution in [-0.4, -0.2) is 48.8 Å². The number of aryl methyl sites for hydroxylation is 1. The maximum Gasteiger partial charge on any atom is 0.294 e. The van der Waals surface area contributed by atoms with Gasteiger partial charge in [0.15, 0.2) is 0 Å². The second kappa shape index (κ2) is 5.87. The number of hydrogen-bond donors (Lipinski definition) is 1. The van der Waals surface area contributed by atoms with Crippen LogP contribution >= 0.6 is 0 Å². The zero-order valence-corrected chi connectivity index (χ0v) is 11.4. The van der Waals surface area contributed by atoms with Crippen LogP contribution in [0.2, 0.25) is 0 Å². The predicted octanol–water partition coefficient (Wildman–Crippen LogP) is 0.806. The highest BCUT2D eigenvalue weighted by molar-refractivity contribution is 5.70. The third kappa shape index (κ3) is 2.88. The fourth-order valence-corrected chi connectivity index (χ4v) is 2.39. The highest BCUT2D eigenvalue weighted by Crippen LogP contribution is 2.31. The molecule has 1 heterocycles. The van der Waals surface area contributed by atoms with Gasteiger partial charge in [0, 0.05) is 37.9 Å². The Kier molecular flexibility index (Phi) is 4.19. The van der Waals surface area contributed by atoms with Crippen molar-refractivity contribution in [1.82, 2.24) is 4.90 Å². The van der Waals surface area contributed by atoms with Crippen LogP contribution in [0.3, 0.4) is 0 Å². The zero-order chi connectivity index (χ0) is 14.7. The summed E-state index contributed by atoms with van der Waals surface area (Å²) in [6, 6.07) is 3.40.